The number of aromatic nitrogens is 1. The van der Waals surface area contributed by atoms with Crippen LogP contribution in [0, 0.1) is 27.4 Å². The van der Waals surface area contributed by atoms with E-state index in [1.165, 1.54) is 6.07 Å². The highest BCUT2D eigenvalue weighted by Crippen LogP contribution is 2.55. The molecule has 0 spiro atoms. The third-order valence-electron chi connectivity index (χ3n) is 3.68. The standard InChI is InChI=1S/C16H19N3O5/c1-5-23-12-6-13(18-9-11(12)19(21)22)16(7-10(16)8-17)14(20)24-15(2,3)4/h6,9-10H,5,7H2,1-4H3. The molecule has 1 saturated carbocycles. The van der Waals surface area contributed by atoms with Crippen LogP contribution in [0.4, 0.5) is 5.69 Å². The Labute approximate surface area is 139 Å². The Morgan fingerprint density at radius 3 is 2.71 bits per heavy atom. The van der Waals surface area contributed by atoms with Crippen LogP contribution in [0.15, 0.2) is 12.3 Å². The van der Waals surface area contributed by atoms with Gasteiger partial charge in [-0.25, -0.2) is 0 Å². The largest absolute Gasteiger partial charge is 0.487 e. The van der Waals surface area contributed by atoms with E-state index in [0.717, 1.165) is 6.20 Å². The van der Waals surface area contributed by atoms with Gasteiger partial charge in [0.15, 0.2) is 0 Å². The summed E-state index contributed by atoms with van der Waals surface area (Å²) >= 11 is 0. The lowest BCUT2D eigenvalue weighted by molar-refractivity contribution is -0.386. The van der Waals surface area contributed by atoms with Gasteiger partial charge in [-0.05, 0) is 34.1 Å². The minimum absolute atomic E-state index is 0.0269. The molecule has 0 radical (unpaired) electrons. The van der Waals surface area contributed by atoms with E-state index in [1.807, 2.05) is 0 Å². The number of nitriles is 1. The summed E-state index contributed by atoms with van der Waals surface area (Å²) in [6.45, 7) is 7.12. The second kappa shape index (κ2) is 6.07. The summed E-state index contributed by atoms with van der Waals surface area (Å²) in [6.07, 6.45) is 1.33. The predicted octanol–water partition coefficient (Wildman–Crippen LogP) is 2.51. The van der Waals surface area contributed by atoms with Gasteiger partial charge in [0.2, 0.25) is 5.75 Å². The molecule has 0 N–H and O–H groups in total. The summed E-state index contributed by atoms with van der Waals surface area (Å²) in [5, 5.41) is 20.3. The van der Waals surface area contributed by atoms with Crippen LogP contribution in [0.5, 0.6) is 5.75 Å². The van der Waals surface area contributed by atoms with Crippen LogP contribution in [-0.2, 0) is 14.9 Å². The van der Waals surface area contributed by atoms with Crippen molar-refractivity contribution < 1.29 is 19.2 Å². The molecular weight excluding hydrogens is 314 g/mol. The second-order valence-corrected chi connectivity index (χ2v) is 6.59. The van der Waals surface area contributed by atoms with E-state index >= 15 is 0 Å². The highest BCUT2D eigenvalue weighted by Gasteiger charge is 2.65. The zero-order valence-electron chi connectivity index (χ0n) is 14.0. The lowest BCUT2D eigenvalue weighted by Crippen LogP contribution is -2.33. The highest BCUT2D eigenvalue weighted by molar-refractivity contribution is 5.88. The summed E-state index contributed by atoms with van der Waals surface area (Å²) in [5.74, 6) is -1.10. The molecule has 1 aromatic rings. The molecule has 0 amide bonds. The van der Waals surface area contributed by atoms with Crippen molar-refractivity contribution in [1.29, 1.82) is 5.26 Å². The zero-order valence-corrected chi connectivity index (χ0v) is 14.0. The number of carbonyl (C=O) groups excluding carboxylic acids is 1. The predicted molar refractivity (Wildman–Crippen MR) is 83.3 cm³/mol. The first kappa shape index (κ1) is 17.7. The molecule has 0 saturated heterocycles. The molecule has 0 aromatic carbocycles. The molecule has 0 bridgehead atoms. The first-order valence-electron chi connectivity index (χ1n) is 7.56. The highest BCUT2D eigenvalue weighted by atomic mass is 16.6. The van der Waals surface area contributed by atoms with Crippen LogP contribution >= 0.6 is 0 Å². The first-order chi connectivity index (χ1) is 11.2. The number of esters is 1. The van der Waals surface area contributed by atoms with Gasteiger partial charge >= 0.3 is 11.7 Å². The molecule has 1 aliphatic rings. The number of carbonyl (C=O) groups is 1. The summed E-state index contributed by atoms with van der Waals surface area (Å²) in [5.41, 5.74) is -1.93. The average molecular weight is 333 g/mol. The van der Waals surface area contributed by atoms with Crippen molar-refractivity contribution in [3.8, 4) is 11.8 Å². The van der Waals surface area contributed by atoms with E-state index < -0.39 is 27.8 Å². The summed E-state index contributed by atoms with van der Waals surface area (Å²) in [4.78, 5) is 27.1. The van der Waals surface area contributed by atoms with E-state index in [-0.39, 0.29) is 30.2 Å². The van der Waals surface area contributed by atoms with Gasteiger partial charge < -0.3 is 9.47 Å². The van der Waals surface area contributed by atoms with Gasteiger partial charge in [-0.1, -0.05) is 0 Å². The number of hydrogen-bond donors (Lipinski definition) is 0. The van der Waals surface area contributed by atoms with Crippen molar-refractivity contribution in [2.75, 3.05) is 6.61 Å². The van der Waals surface area contributed by atoms with Gasteiger partial charge in [0, 0.05) is 6.07 Å². The average Bonchev–Trinajstić information content (AvgIpc) is 3.21. The Balaban J connectivity index is 2.46. The Bertz CT molecular complexity index is 719. The van der Waals surface area contributed by atoms with Crippen LogP contribution < -0.4 is 4.74 Å². The van der Waals surface area contributed by atoms with Crippen molar-refractivity contribution in [2.24, 2.45) is 5.92 Å². The molecule has 1 heterocycles. The number of nitro groups is 1. The summed E-state index contributed by atoms with van der Waals surface area (Å²) in [7, 11) is 0. The lowest BCUT2D eigenvalue weighted by Gasteiger charge is -2.24. The SMILES string of the molecule is CCOc1cc(C2(C(=O)OC(C)(C)C)CC2C#N)ncc1[N+](=O)[O-]. The van der Waals surface area contributed by atoms with Crippen LogP contribution in [0.2, 0.25) is 0 Å². The fourth-order valence-electron chi connectivity index (χ4n) is 2.48. The fraction of sp³-hybridized carbons (Fsp3) is 0.562. The van der Waals surface area contributed by atoms with E-state index in [2.05, 4.69) is 11.1 Å². The molecule has 0 aliphatic heterocycles. The van der Waals surface area contributed by atoms with E-state index in [1.54, 1.807) is 27.7 Å². The molecule has 1 aliphatic carbocycles. The zero-order chi connectivity index (χ0) is 18.1. The van der Waals surface area contributed by atoms with E-state index in [0.29, 0.717) is 0 Å². The van der Waals surface area contributed by atoms with Gasteiger partial charge in [-0.2, -0.15) is 5.26 Å². The quantitative estimate of drug-likeness (QED) is 0.462. The number of nitrogens with zero attached hydrogens (tertiary/aromatic N) is 3. The van der Waals surface area contributed by atoms with Gasteiger partial charge in [0.05, 0.1) is 29.2 Å². The summed E-state index contributed by atoms with van der Waals surface area (Å²) in [6, 6.07) is 3.43. The third-order valence-corrected chi connectivity index (χ3v) is 3.68. The summed E-state index contributed by atoms with van der Waals surface area (Å²) < 4.78 is 10.7. The van der Waals surface area contributed by atoms with Crippen LogP contribution in [0.25, 0.3) is 0 Å². The maximum Gasteiger partial charge on any atom is 0.329 e. The van der Waals surface area contributed by atoms with Gasteiger partial charge in [-0.3, -0.25) is 19.9 Å². The van der Waals surface area contributed by atoms with Crippen molar-refractivity contribution in [1.82, 2.24) is 4.98 Å². The Morgan fingerprint density at radius 2 is 2.25 bits per heavy atom. The first-order valence-corrected chi connectivity index (χ1v) is 7.56. The molecule has 8 nitrogen and oxygen atoms in total. The molecule has 2 atom stereocenters. The van der Waals surface area contributed by atoms with E-state index in [4.69, 9.17) is 9.47 Å². The molecule has 1 fully saturated rings. The van der Waals surface area contributed by atoms with E-state index in [9.17, 15) is 20.2 Å². The van der Waals surface area contributed by atoms with Crippen LogP contribution in [-0.4, -0.2) is 28.1 Å². The topological polar surface area (TPSA) is 115 Å². The molecule has 24 heavy (non-hydrogen) atoms. The number of ether oxygens (including phenoxy) is 2. The Hall–Kier alpha value is -2.69. The normalized spacial score (nSPS) is 22.4. The molecular formula is C16H19N3O5. The van der Waals surface area contributed by atoms with Gasteiger partial charge in [0.25, 0.3) is 0 Å². The fourth-order valence-corrected chi connectivity index (χ4v) is 2.48. The van der Waals surface area contributed by atoms with Gasteiger partial charge in [0.1, 0.15) is 17.2 Å². The van der Waals surface area contributed by atoms with Crippen molar-refractivity contribution in [3.63, 3.8) is 0 Å². The molecule has 8 heteroatoms. The second-order valence-electron chi connectivity index (χ2n) is 6.59. The maximum absolute atomic E-state index is 12.6. The number of pyridine rings is 1. The van der Waals surface area contributed by atoms with Crippen molar-refractivity contribution in [2.45, 2.75) is 45.1 Å². The number of hydrogen-bond acceptors (Lipinski definition) is 7. The Morgan fingerprint density at radius 1 is 1.58 bits per heavy atom. The molecule has 2 unspecified atom stereocenters. The molecule has 1 aromatic heterocycles. The lowest BCUT2D eigenvalue weighted by atomic mass is 9.97. The molecule has 2 rings (SSSR count). The van der Waals surface area contributed by atoms with Crippen molar-refractivity contribution in [3.05, 3.63) is 28.1 Å². The maximum atomic E-state index is 12.6. The third kappa shape index (κ3) is 3.15. The molecule has 128 valence electrons. The van der Waals surface area contributed by atoms with Crippen LogP contribution in [0.1, 0.15) is 39.8 Å². The van der Waals surface area contributed by atoms with Crippen molar-refractivity contribution >= 4 is 11.7 Å². The van der Waals surface area contributed by atoms with Crippen LogP contribution in [0.3, 0.4) is 0 Å². The minimum atomic E-state index is -1.19. The van der Waals surface area contributed by atoms with Gasteiger partial charge in [-0.15, -0.1) is 0 Å². The number of rotatable bonds is 5. The Kier molecular flexibility index (Phi) is 4.47. The monoisotopic (exact) mass is 333 g/mol. The smallest absolute Gasteiger partial charge is 0.329 e. The minimum Gasteiger partial charge on any atom is -0.487 e.